The second-order valence-corrected chi connectivity index (χ2v) is 8.51. The third kappa shape index (κ3) is 8.40. The average molecular weight is 513 g/mol. The Morgan fingerprint density at radius 1 is 1.23 bits per heavy atom. The van der Waals surface area contributed by atoms with Gasteiger partial charge in [0.15, 0.2) is 0 Å². The Kier molecular flexibility index (Phi) is 11.8. The van der Waals surface area contributed by atoms with E-state index in [-0.39, 0.29) is 12.5 Å². The topological polar surface area (TPSA) is 87.7 Å². The van der Waals surface area contributed by atoms with Crippen LogP contribution in [0.1, 0.15) is 40.2 Å². The largest absolute Gasteiger partial charge is 0.489 e. The van der Waals surface area contributed by atoms with Crippen LogP contribution in [0.15, 0.2) is 66.6 Å². The Balaban J connectivity index is 0.000000641. The molecule has 0 fully saturated rings. The lowest BCUT2D eigenvalue weighted by Crippen LogP contribution is -2.14. The van der Waals surface area contributed by atoms with Gasteiger partial charge in [0.25, 0.3) is 5.91 Å². The summed E-state index contributed by atoms with van der Waals surface area (Å²) in [7, 11) is 0. The third-order valence-electron chi connectivity index (χ3n) is 4.85. The molecule has 3 N–H and O–H groups in total. The van der Waals surface area contributed by atoms with Crippen molar-refractivity contribution in [1.29, 1.82) is 0 Å². The quantitative estimate of drug-likeness (QED) is 0.229. The molecule has 3 aromatic rings. The monoisotopic (exact) mass is 512 g/mol. The van der Waals surface area contributed by atoms with Gasteiger partial charge >= 0.3 is 0 Å². The summed E-state index contributed by atoms with van der Waals surface area (Å²) in [4.78, 5) is 23.0. The van der Waals surface area contributed by atoms with E-state index >= 15 is 0 Å². The number of carbonyl (C=O) groups excluding carboxylic acids is 2. The number of rotatable bonds is 10. The van der Waals surface area contributed by atoms with Gasteiger partial charge in [0, 0.05) is 28.7 Å². The smallest absolute Gasteiger partial charge is 0.257 e. The van der Waals surface area contributed by atoms with Gasteiger partial charge in [-0.3, -0.25) is 9.59 Å². The highest BCUT2D eigenvalue weighted by atomic mass is 35.5. The van der Waals surface area contributed by atoms with Gasteiger partial charge in [-0.1, -0.05) is 48.5 Å². The number of hydrogen-bond acceptors (Lipinski definition) is 5. The highest BCUT2D eigenvalue weighted by Gasteiger charge is 2.12. The van der Waals surface area contributed by atoms with Crippen molar-refractivity contribution < 1.29 is 19.4 Å². The van der Waals surface area contributed by atoms with E-state index in [1.165, 1.54) is 10.5 Å². The molecule has 0 unspecified atom stereocenters. The molecule has 35 heavy (non-hydrogen) atoms. The van der Waals surface area contributed by atoms with Crippen LogP contribution in [0.2, 0.25) is 5.02 Å². The molecule has 1 aromatic heterocycles. The second kappa shape index (κ2) is 14.8. The van der Waals surface area contributed by atoms with E-state index in [0.29, 0.717) is 41.6 Å². The van der Waals surface area contributed by atoms with Crippen molar-refractivity contribution in [3.63, 3.8) is 0 Å². The van der Waals surface area contributed by atoms with E-state index < -0.39 is 0 Å². The summed E-state index contributed by atoms with van der Waals surface area (Å²) < 4.78 is 5.98. The highest BCUT2D eigenvalue weighted by molar-refractivity contribution is 7.11. The summed E-state index contributed by atoms with van der Waals surface area (Å²) in [5.41, 5.74) is 4.49. The first-order valence-electron chi connectivity index (χ1n) is 10.9. The maximum absolute atomic E-state index is 12.5. The van der Waals surface area contributed by atoms with Crippen molar-refractivity contribution in [2.45, 2.75) is 20.5 Å². The van der Waals surface area contributed by atoms with E-state index in [1.807, 2.05) is 31.2 Å². The first-order chi connectivity index (χ1) is 16.9. The van der Waals surface area contributed by atoms with Gasteiger partial charge in [-0.2, -0.15) is 0 Å². The van der Waals surface area contributed by atoms with Gasteiger partial charge < -0.3 is 20.5 Å². The number of allylic oxidation sites excluding steroid dienone is 2. The third-order valence-corrected chi connectivity index (χ3v) is 6.36. The number of aliphatic hydroxyl groups is 1. The lowest BCUT2D eigenvalue weighted by atomic mass is 10.1. The van der Waals surface area contributed by atoms with E-state index in [2.05, 4.69) is 35.6 Å². The number of halogens is 1. The standard InChI is InChI=1S/C24H22ClNO2S.C3H7NO2/c1-4-16(3)23-20(5-2)17(15-29-23)14-28-19-10-8-9-18(13-19)26-24(27)21-11-6-7-12-22(21)25;5-2-1-4-3-6/h4-13,15H,2,14H2,1,3H3,(H,26,27);3,5H,1-2H2,(H,4,6)/b16-4-;. The fraction of sp³-hybridized carbons (Fsp3) is 0.185. The maximum atomic E-state index is 12.5. The van der Waals surface area contributed by atoms with Gasteiger partial charge in [0.2, 0.25) is 6.41 Å². The van der Waals surface area contributed by atoms with Crippen molar-refractivity contribution in [1.82, 2.24) is 5.32 Å². The fourth-order valence-electron chi connectivity index (χ4n) is 2.97. The number of carbonyl (C=O) groups is 2. The maximum Gasteiger partial charge on any atom is 0.257 e. The van der Waals surface area contributed by atoms with Crippen LogP contribution in [0.25, 0.3) is 11.6 Å². The lowest BCUT2D eigenvalue weighted by molar-refractivity contribution is -0.109. The van der Waals surface area contributed by atoms with E-state index in [9.17, 15) is 9.59 Å². The molecule has 0 aliphatic carbocycles. The first kappa shape index (κ1) is 27.9. The minimum Gasteiger partial charge on any atom is -0.489 e. The Morgan fingerprint density at radius 2 is 2.00 bits per heavy atom. The number of benzene rings is 2. The highest BCUT2D eigenvalue weighted by Crippen LogP contribution is 2.31. The summed E-state index contributed by atoms with van der Waals surface area (Å²) in [6, 6.07) is 14.3. The normalized spacial score (nSPS) is 10.6. The predicted molar refractivity (Wildman–Crippen MR) is 145 cm³/mol. The number of ether oxygens (including phenoxy) is 1. The van der Waals surface area contributed by atoms with Gasteiger partial charge in [0.05, 0.1) is 17.2 Å². The molecule has 1 heterocycles. The Labute approximate surface area is 214 Å². The number of thiophene rings is 1. The molecule has 2 amide bonds. The average Bonchev–Trinajstić information content (AvgIpc) is 3.29. The molecule has 0 bridgehead atoms. The molecule has 184 valence electrons. The summed E-state index contributed by atoms with van der Waals surface area (Å²) in [6.07, 6.45) is 4.52. The lowest BCUT2D eigenvalue weighted by Gasteiger charge is -2.10. The molecule has 8 heteroatoms. The first-order valence-corrected chi connectivity index (χ1v) is 12.1. The van der Waals surface area contributed by atoms with Crippen LogP contribution >= 0.6 is 22.9 Å². The SMILES string of the molecule is C=Cc1c(COc2cccc(NC(=O)c3ccccc3Cl)c2)csc1/C(C)=C\C.O=CNCCO. The van der Waals surface area contributed by atoms with Gasteiger partial charge in [-0.15, -0.1) is 11.3 Å². The second-order valence-electron chi connectivity index (χ2n) is 7.23. The Morgan fingerprint density at radius 3 is 2.63 bits per heavy atom. The summed E-state index contributed by atoms with van der Waals surface area (Å²) >= 11 is 7.79. The van der Waals surface area contributed by atoms with E-state index in [4.69, 9.17) is 21.4 Å². The zero-order valence-corrected chi connectivity index (χ0v) is 21.3. The molecule has 6 nitrogen and oxygen atoms in total. The molecule has 0 aliphatic heterocycles. The van der Waals surface area contributed by atoms with Crippen molar-refractivity contribution in [3.05, 3.63) is 93.2 Å². The molecule has 0 spiro atoms. The molecular weight excluding hydrogens is 484 g/mol. The van der Waals surface area contributed by atoms with E-state index in [1.54, 1.807) is 41.7 Å². The molecule has 0 atom stereocenters. The van der Waals surface area contributed by atoms with Crippen LogP contribution in [0.4, 0.5) is 5.69 Å². The molecule has 0 saturated heterocycles. The van der Waals surface area contributed by atoms with Crippen molar-refractivity contribution in [2.24, 2.45) is 0 Å². The van der Waals surface area contributed by atoms with Gasteiger partial charge in [-0.05, 0) is 54.6 Å². The number of nitrogens with one attached hydrogen (secondary N) is 2. The predicted octanol–water partition coefficient (Wildman–Crippen LogP) is 6.02. The molecular formula is C27H29ClN2O4S. The summed E-state index contributed by atoms with van der Waals surface area (Å²) in [5.74, 6) is 0.415. The minimum atomic E-state index is -0.258. The van der Waals surface area contributed by atoms with E-state index in [0.717, 1.165) is 11.1 Å². The minimum absolute atomic E-state index is 0.0126. The molecule has 3 rings (SSSR count). The number of anilines is 1. The van der Waals surface area contributed by atoms with Crippen molar-refractivity contribution >= 4 is 52.6 Å². The van der Waals surface area contributed by atoms with Crippen LogP contribution in [0.5, 0.6) is 5.75 Å². The van der Waals surface area contributed by atoms with Gasteiger partial charge in [-0.25, -0.2) is 0 Å². The summed E-state index contributed by atoms with van der Waals surface area (Å²) in [5, 5.41) is 15.6. The van der Waals surface area contributed by atoms with Crippen LogP contribution in [0, 0.1) is 0 Å². The zero-order chi connectivity index (χ0) is 25.6. The Hall–Kier alpha value is -3.39. The molecule has 0 radical (unpaired) electrons. The van der Waals surface area contributed by atoms with Crippen LogP contribution in [-0.2, 0) is 11.4 Å². The van der Waals surface area contributed by atoms with Crippen LogP contribution in [-0.4, -0.2) is 30.6 Å². The zero-order valence-electron chi connectivity index (χ0n) is 19.7. The number of aliphatic hydroxyl groups excluding tert-OH is 1. The molecule has 0 saturated carbocycles. The number of amides is 2. The Bertz CT molecular complexity index is 1170. The van der Waals surface area contributed by atoms with Gasteiger partial charge in [0.1, 0.15) is 12.4 Å². The molecule has 2 aromatic carbocycles. The number of hydrogen-bond donors (Lipinski definition) is 3. The summed E-state index contributed by atoms with van der Waals surface area (Å²) in [6.45, 7) is 8.86. The van der Waals surface area contributed by atoms with Crippen LogP contribution in [0.3, 0.4) is 0 Å². The fourth-order valence-corrected chi connectivity index (χ4v) is 4.29. The van der Waals surface area contributed by atoms with Crippen molar-refractivity contribution in [3.8, 4) is 5.75 Å². The van der Waals surface area contributed by atoms with Crippen molar-refractivity contribution in [2.75, 3.05) is 18.5 Å². The molecule has 0 aliphatic rings. The van der Waals surface area contributed by atoms with Crippen LogP contribution < -0.4 is 15.4 Å².